The van der Waals surface area contributed by atoms with Gasteiger partial charge in [0, 0.05) is 36.9 Å². The molecule has 0 bridgehead atoms. The highest BCUT2D eigenvalue weighted by atomic mass is 32.2. The van der Waals surface area contributed by atoms with E-state index in [2.05, 4.69) is 15.0 Å². The minimum Gasteiger partial charge on any atom is -0.352 e. The minimum atomic E-state index is -3.49. The van der Waals surface area contributed by atoms with Crippen LogP contribution in [0.15, 0.2) is 28.0 Å². The Bertz CT molecular complexity index is 703. The lowest BCUT2D eigenvalue weighted by Crippen LogP contribution is -2.23. The summed E-state index contributed by atoms with van der Waals surface area (Å²) in [5.74, 6) is 0. The Morgan fingerprint density at radius 2 is 2.24 bits per heavy atom. The molecule has 0 atom stereocenters. The molecule has 2 N–H and O–H groups in total. The number of aryl methyl sites for hydroxylation is 1. The SMILES string of the molecule is Cn1cc(S(=O)(=O)NCc2cscn2)cc1CNC1CC1. The van der Waals surface area contributed by atoms with E-state index in [4.69, 9.17) is 0 Å². The maximum atomic E-state index is 12.3. The Balaban J connectivity index is 1.67. The first-order chi connectivity index (χ1) is 10.0. The van der Waals surface area contributed by atoms with Crippen molar-refractivity contribution in [3.8, 4) is 0 Å². The van der Waals surface area contributed by atoms with E-state index in [1.165, 1.54) is 24.2 Å². The van der Waals surface area contributed by atoms with Gasteiger partial charge in [-0.25, -0.2) is 18.1 Å². The molecule has 21 heavy (non-hydrogen) atoms. The van der Waals surface area contributed by atoms with Gasteiger partial charge in [-0.15, -0.1) is 11.3 Å². The monoisotopic (exact) mass is 326 g/mol. The molecular formula is C13H18N4O2S2. The topological polar surface area (TPSA) is 76.0 Å². The number of sulfonamides is 1. The van der Waals surface area contributed by atoms with Crippen LogP contribution < -0.4 is 10.0 Å². The van der Waals surface area contributed by atoms with Gasteiger partial charge in [0.25, 0.3) is 0 Å². The zero-order valence-electron chi connectivity index (χ0n) is 11.7. The lowest BCUT2D eigenvalue weighted by molar-refractivity contribution is 0.580. The summed E-state index contributed by atoms with van der Waals surface area (Å²) in [7, 11) is -1.63. The number of aromatic nitrogens is 2. The van der Waals surface area contributed by atoms with E-state index < -0.39 is 10.0 Å². The summed E-state index contributed by atoms with van der Waals surface area (Å²) in [4.78, 5) is 4.37. The van der Waals surface area contributed by atoms with Crippen LogP contribution in [0.2, 0.25) is 0 Å². The number of thiazole rings is 1. The summed E-state index contributed by atoms with van der Waals surface area (Å²) in [5.41, 5.74) is 3.39. The van der Waals surface area contributed by atoms with E-state index in [0.717, 1.165) is 11.4 Å². The highest BCUT2D eigenvalue weighted by Gasteiger charge is 2.22. The summed E-state index contributed by atoms with van der Waals surface area (Å²) in [6, 6.07) is 2.32. The average molecular weight is 326 g/mol. The van der Waals surface area contributed by atoms with Crippen molar-refractivity contribution in [2.45, 2.75) is 36.9 Å². The Morgan fingerprint density at radius 1 is 1.43 bits per heavy atom. The molecule has 1 saturated carbocycles. The molecule has 0 aliphatic heterocycles. The molecule has 0 saturated heterocycles. The van der Waals surface area contributed by atoms with Gasteiger partial charge in [0.2, 0.25) is 10.0 Å². The van der Waals surface area contributed by atoms with Crippen LogP contribution in [0.25, 0.3) is 0 Å². The number of hydrogen-bond donors (Lipinski definition) is 2. The average Bonchev–Trinajstić information content (AvgIpc) is 2.98. The predicted molar refractivity (Wildman–Crippen MR) is 81.4 cm³/mol. The van der Waals surface area contributed by atoms with E-state index in [1.807, 2.05) is 17.0 Å². The third-order valence-corrected chi connectivity index (χ3v) is 5.47. The van der Waals surface area contributed by atoms with Gasteiger partial charge in [0.1, 0.15) is 0 Å². The molecule has 1 aliphatic carbocycles. The molecule has 2 heterocycles. The van der Waals surface area contributed by atoms with Crippen LogP contribution in [0, 0.1) is 0 Å². The lowest BCUT2D eigenvalue weighted by atomic mass is 10.4. The van der Waals surface area contributed by atoms with Crippen molar-refractivity contribution < 1.29 is 8.42 Å². The Kier molecular flexibility index (Phi) is 4.12. The van der Waals surface area contributed by atoms with Crippen molar-refractivity contribution >= 4 is 21.4 Å². The maximum absolute atomic E-state index is 12.3. The molecule has 2 aromatic heterocycles. The second-order valence-corrected chi connectivity index (χ2v) is 7.72. The maximum Gasteiger partial charge on any atom is 0.242 e. The van der Waals surface area contributed by atoms with Gasteiger partial charge in [-0.3, -0.25) is 0 Å². The summed E-state index contributed by atoms with van der Waals surface area (Å²) in [6.07, 6.45) is 4.07. The van der Waals surface area contributed by atoms with Crippen LogP contribution in [0.4, 0.5) is 0 Å². The van der Waals surface area contributed by atoms with Crippen LogP contribution in [0.1, 0.15) is 24.2 Å². The van der Waals surface area contributed by atoms with Gasteiger partial charge in [-0.1, -0.05) is 0 Å². The fraction of sp³-hybridized carbons (Fsp3) is 0.462. The smallest absolute Gasteiger partial charge is 0.242 e. The standard InChI is InChI=1S/C13H18N4O2S2/c1-17-7-13(4-12(17)6-14-10-2-3-10)21(18,19)16-5-11-8-20-9-15-11/h4,7-10,14,16H,2-3,5-6H2,1H3. The molecule has 8 heteroatoms. The van der Waals surface area contributed by atoms with Crippen molar-refractivity contribution in [2.75, 3.05) is 0 Å². The van der Waals surface area contributed by atoms with Gasteiger partial charge in [-0.05, 0) is 18.9 Å². The van der Waals surface area contributed by atoms with Gasteiger partial charge < -0.3 is 9.88 Å². The molecule has 114 valence electrons. The molecule has 0 radical (unpaired) electrons. The Labute approximate surface area is 128 Å². The minimum absolute atomic E-state index is 0.219. The van der Waals surface area contributed by atoms with E-state index in [0.29, 0.717) is 17.5 Å². The Hall–Kier alpha value is -1.22. The van der Waals surface area contributed by atoms with Crippen molar-refractivity contribution in [2.24, 2.45) is 7.05 Å². The molecule has 3 rings (SSSR count). The predicted octanol–water partition coefficient (Wildman–Crippen LogP) is 1.21. The van der Waals surface area contributed by atoms with Crippen LogP contribution in [0.5, 0.6) is 0 Å². The molecule has 0 amide bonds. The molecule has 1 fully saturated rings. The number of nitrogens with one attached hydrogen (secondary N) is 2. The fourth-order valence-corrected chi connectivity index (χ4v) is 3.66. The first-order valence-electron chi connectivity index (χ1n) is 6.80. The summed E-state index contributed by atoms with van der Waals surface area (Å²) in [6.45, 7) is 0.916. The fourth-order valence-electron chi connectivity index (χ4n) is 2.01. The number of nitrogens with zero attached hydrogens (tertiary/aromatic N) is 2. The second kappa shape index (κ2) is 5.88. The summed E-state index contributed by atoms with van der Waals surface area (Å²) >= 11 is 1.45. The van der Waals surface area contributed by atoms with Crippen molar-refractivity contribution in [1.82, 2.24) is 19.6 Å². The number of rotatable bonds is 7. The number of hydrogen-bond acceptors (Lipinski definition) is 5. The molecule has 0 spiro atoms. The first-order valence-corrected chi connectivity index (χ1v) is 9.22. The van der Waals surface area contributed by atoms with E-state index >= 15 is 0 Å². The summed E-state index contributed by atoms with van der Waals surface area (Å²) in [5, 5.41) is 5.22. The van der Waals surface area contributed by atoms with E-state index in [9.17, 15) is 8.42 Å². The van der Waals surface area contributed by atoms with Crippen LogP contribution in [-0.2, 0) is 30.2 Å². The third-order valence-electron chi connectivity index (χ3n) is 3.47. The normalized spacial score (nSPS) is 15.5. The summed E-state index contributed by atoms with van der Waals surface area (Å²) < 4.78 is 29.0. The second-order valence-electron chi connectivity index (χ2n) is 5.24. The Morgan fingerprint density at radius 3 is 2.90 bits per heavy atom. The zero-order valence-corrected chi connectivity index (χ0v) is 13.4. The molecule has 6 nitrogen and oxygen atoms in total. The zero-order chi connectivity index (χ0) is 14.9. The molecule has 1 aliphatic rings. The lowest BCUT2D eigenvalue weighted by Gasteiger charge is -2.03. The van der Waals surface area contributed by atoms with Crippen LogP contribution in [-0.4, -0.2) is 24.0 Å². The van der Waals surface area contributed by atoms with Gasteiger partial charge >= 0.3 is 0 Å². The van der Waals surface area contributed by atoms with Gasteiger partial charge in [-0.2, -0.15) is 0 Å². The molecule has 0 unspecified atom stereocenters. The largest absolute Gasteiger partial charge is 0.352 e. The quantitative estimate of drug-likeness (QED) is 0.802. The van der Waals surface area contributed by atoms with E-state index in [1.54, 1.807) is 17.8 Å². The van der Waals surface area contributed by atoms with Gasteiger partial charge in [0.05, 0.1) is 22.6 Å². The highest BCUT2D eigenvalue weighted by Crippen LogP contribution is 2.20. The molecule has 2 aromatic rings. The third kappa shape index (κ3) is 3.70. The van der Waals surface area contributed by atoms with Crippen LogP contribution in [0.3, 0.4) is 0 Å². The first kappa shape index (κ1) is 14.7. The van der Waals surface area contributed by atoms with Crippen molar-refractivity contribution in [3.05, 3.63) is 34.5 Å². The molecule has 0 aromatic carbocycles. The van der Waals surface area contributed by atoms with Crippen molar-refractivity contribution in [1.29, 1.82) is 0 Å². The van der Waals surface area contributed by atoms with Crippen LogP contribution >= 0.6 is 11.3 Å². The van der Waals surface area contributed by atoms with E-state index in [-0.39, 0.29) is 6.54 Å². The van der Waals surface area contributed by atoms with Crippen molar-refractivity contribution in [3.63, 3.8) is 0 Å². The highest BCUT2D eigenvalue weighted by molar-refractivity contribution is 7.89. The van der Waals surface area contributed by atoms with Gasteiger partial charge in [0.15, 0.2) is 0 Å². The molecular weight excluding hydrogens is 308 g/mol.